The number of carbonyl (C=O) groups excluding carboxylic acids is 2. The van der Waals surface area contributed by atoms with E-state index in [0.717, 1.165) is 37.7 Å². The molecule has 0 N–H and O–H groups in total. The van der Waals surface area contributed by atoms with Crippen molar-refractivity contribution in [2.24, 2.45) is 4.99 Å². The van der Waals surface area contributed by atoms with Crippen LogP contribution in [0.3, 0.4) is 0 Å². The smallest absolute Gasteiger partial charge is 0.279 e. The van der Waals surface area contributed by atoms with Gasteiger partial charge in [0.05, 0.1) is 11.7 Å². The Kier molecular flexibility index (Phi) is 4.81. The Morgan fingerprint density at radius 3 is 2.39 bits per heavy atom. The zero-order valence-electron chi connectivity index (χ0n) is 13.3. The molecule has 1 heterocycles. The number of nitrogens with zero attached hydrogens (tertiary/aromatic N) is 2. The van der Waals surface area contributed by atoms with Crippen molar-refractivity contribution in [1.29, 1.82) is 0 Å². The Balaban J connectivity index is 1.86. The maximum Gasteiger partial charge on any atom is 0.281 e. The molecule has 1 aliphatic carbocycles. The Labute approximate surface area is 141 Å². The zero-order valence-corrected chi connectivity index (χ0v) is 14.1. The van der Waals surface area contributed by atoms with E-state index in [1.807, 2.05) is 12.1 Å². The molecule has 0 spiro atoms. The van der Waals surface area contributed by atoms with Crippen molar-refractivity contribution >= 4 is 34.8 Å². The summed E-state index contributed by atoms with van der Waals surface area (Å²) in [7, 11) is 0. The SMILES string of the molecule is CCc1ccc(N2C(=O)C(=NC3CCCCC3)C(Cl)C2=O)cc1. The molecule has 0 bridgehead atoms. The van der Waals surface area contributed by atoms with Crippen molar-refractivity contribution in [3.8, 4) is 0 Å². The van der Waals surface area contributed by atoms with E-state index in [1.165, 1.54) is 11.3 Å². The van der Waals surface area contributed by atoms with Gasteiger partial charge < -0.3 is 0 Å². The van der Waals surface area contributed by atoms with Crippen LogP contribution in [-0.2, 0) is 16.0 Å². The molecule has 1 aromatic carbocycles. The van der Waals surface area contributed by atoms with Crippen molar-refractivity contribution in [2.45, 2.75) is 56.9 Å². The number of benzene rings is 1. The van der Waals surface area contributed by atoms with Crippen molar-refractivity contribution < 1.29 is 9.59 Å². The van der Waals surface area contributed by atoms with Crippen molar-refractivity contribution in [3.05, 3.63) is 29.8 Å². The Morgan fingerprint density at radius 2 is 1.78 bits per heavy atom. The highest BCUT2D eigenvalue weighted by Gasteiger charge is 2.45. The quantitative estimate of drug-likeness (QED) is 0.628. The number of halogens is 1. The van der Waals surface area contributed by atoms with Gasteiger partial charge in [-0.2, -0.15) is 0 Å². The van der Waals surface area contributed by atoms with Gasteiger partial charge in [0, 0.05) is 0 Å². The van der Waals surface area contributed by atoms with Gasteiger partial charge >= 0.3 is 0 Å². The largest absolute Gasteiger partial charge is 0.281 e. The number of imide groups is 1. The minimum Gasteiger partial charge on any atom is -0.279 e. The number of alkyl halides is 1. The van der Waals surface area contributed by atoms with E-state index >= 15 is 0 Å². The Hall–Kier alpha value is -1.68. The predicted octanol–water partition coefficient (Wildman–Crippen LogP) is 3.50. The summed E-state index contributed by atoms with van der Waals surface area (Å²) in [5, 5.41) is -0.963. The van der Waals surface area contributed by atoms with Gasteiger partial charge in [0.2, 0.25) is 0 Å². The Morgan fingerprint density at radius 1 is 1.13 bits per heavy atom. The number of hydrogen-bond donors (Lipinski definition) is 0. The molecule has 1 aromatic rings. The molecule has 1 saturated carbocycles. The summed E-state index contributed by atoms with van der Waals surface area (Å²) in [6.07, 6.45) is 6.32. The molecule has 122 valence electrons. The number of anilines is 1. The summed E-state index contributed by atoms with van der Waals surface area (Å²) in [4.78, 5) is 30.8. The van der Waals surface area contributed by atoms with Gasteiger partial charge in [-0.1, -0.05) is 38.3 Å². The van der Waals surface area contributed by atoms with Gasteiger partial charge in [0.15, 0.2) is 5.38 Å². The fourth-order valence-corrected chi connectivity index (χ4v) is 3.45. The predicted molar refractivity (Wildman–Crippen MR) is 92.3 cm³/mol. The van der Waals surface area contributed by atoms with E-state index in [4.69, 9.17) is 11.6 Å². The van der Waals surface area contributed by atoms with Gasteiger partial charge in [0.25, 0.3) is 11.8 Å². The molecular formula is C18H21ClN2O2. The first-order valence-electron chi connectivity index (χ1n) is 8.30. The molecule has 1 saturated heterocycles. The number of hydrogen-bond acceptors (Lipinski definition) is 3. The van der Waals surface area contributed by atoms with Crippen molar-refractivity contribution in [1.82, 2.24) is 0 Å². The lowest BCUT2D eigenvalue weighted by molar-refractivity contribution is -0.120. The van der Waals surface area contributed by atoms with Crippen LogP contribution in [0.4, 0.5) is 5.69 Å². The van der Waals surface area contributed by atoms with E-state index in [0.29, 0.717) is 5.69 Å². The average molecular weight is 333 g/mol. The number of amides is 2. The molecule has 3 rings (SSSR count). The first-order valence-corrected chi connectivity index (χ1v) is 8.74. The number of aryl methyl sites for hydroxylation is 1. The van der Waals surface area contributed by atoms with E-state index in [9.17, 15) is 9.59 Å². The summed E-state index contributed by atoms with van der Waals surface area (Å²) in [5.41, 5.74) is 1.94. The van der Waals surface area contributed by atoms with Crippen LogP contribution in [0.5, 0.6) is 0 Å². The minimum atomic E-state index is -0.963. The Bertz CT molecular complexity index is 633. The van der Waals surface area contributed by atoms with Crippen LogP contribution in [0.1, 0.15) is 44.6 Å². The van der Waals surface area contributed by atoms with Crippen LogP contribution >= 0.6 is 11.6 Å². The maximum absolute atomic E-state index is 12.6. The molecule has 2 fully saturated rings. The summed E-state index contributed by atoms with van der Waals surface area (Å²) >= 11 is 6.20. The lowest BCUT2D eigenvalue weighted by Gasteiger charge is -2.18. The lowest BCUT2D eigenvalue weighted by Crippen LogP contribution is -2.31. The van der Waals surface area contributed by atoms with E-state index < -0.39 is 11.3 Å². The van der Waals surface area contributed by atoms with Crippen molar-refractivity contribution in [2.75, 3.05) is 4.90 Å². The standard InChI is InChI=1S/C18H21ClN2O2/c1-2-12-8-10-14(11-9-12)21-17(22)15(19)16(18(21)23)20-13-6-4-3-5-7-13/h8-11,13,15H,2-7H2,1H3. The molecular weight excluding hydrogens is 312 g/mol. The van der Waals surface area contributed by atoms with Crippen LogP contribution in [-0.4, -0.2) is 28.9 Å². The molecule has 1 atom stereocenters. The van der Waals surface area contributed by atoms with Gasteiger partial charge in [-0.3, -0.25) is 14.6 Å². The number of rotatable bonds is 3. The van der Waals surface area contributed by atoms with Gasteiger partial charge in [-0.25, -0.2) is 4.90 Å². The maximum atomic E-state index is 12.6. The first-order chi connectivity index (χ1) is 11.1. The number of carbonyl (C=O) groups is 2. The van der Waals surface area contributed by atoms with Crippen LogP contribution in [0.15, 0.2) is 29.3 Å². The highest BCUT2D eigenvalue weighted by atomic mass is 35.5. The average Bonchev–Trinajstić information content (AvgIpc) is 2.80. The highest BCUT2D eigenvalue weighted by molar-refractivity contribution is 6.68. The third-order valence-corrected chi connectivity index (χ3v) is 4.99. The third kappa shape index (κ3) is 3.18. The van der Waals surface area contributed by atoms with Crippen molar-refractivity contribution in [3.63, 3.8) is 0 Å². The fraction of sp³-hybridized carbons (Fsp3) is 0.500. The molecule has 5 heteroatoms. The van der Waals surface area contributed by atoms with E-state index in [2.05, 4.69) is 11.9 Å². The molecule has 2 amide bonds. The lowest BCUT2D eigenvalue weighted by atomic mass is 9.96. The molecule has 4 nitrogen and oxygen atoms in total. The normalized spacial score (nSPS) is 24.7. The summed E-state index contributed by atoms with van der Waals surface area (Å²) in [5.74, 6) is -0.764. The zero-order chi connectivity index (χ0) is 16.4. The topological polar surface area (TPSA) is 49.7 Å². The summed E-state index contributed by atoms with van der Waals surface area (Å²) in [6, 6.07) is 7.56. The van der Waals surface area contributed by atoms with Gasteiger partial charge in [-0.05, 0) is 37.0 Å². The van der Waals surface area contributed by atoms with E-state index in [1.54, 1.807) is 12.1 Å². The summed E-state index contributed by atoms with van der Waals surface area (Å²) in [6.45, 7) is 2.06. The van der Waals surface area contributed by atoms with Crippen LogP contribution in [0, 0.1) is 0 Å². The second-order valence-electron chi connectivity index (χ2n) is 6.17. The fourth-order valence-electron chi connectivity index (χ4n) is 3.21. The first kappa shape index (κ1) is 16.2. The second kappa shape index (κ2) is 6.83. The molecule has 23 heavy (non-hydrogen) atoms. The van der Waals surface area contributed by atoms with Crippen LogP contribution < -0.4 is 4.90 Å². The van der Waals surface area contributed by atoms with E-state index in [-0.39, 0.29) is 17.7 Å². The van der Waals surface area contributed by atoms with Gasteiger partial charge in [-0.15, -0.1) is 11.6 Å². The summed E-state index contributed by atoms with van der Waals surface area (Å²) < 4.78 is 0. The number of aliphatic imine (C=N–C) groups is 1. The minimum absolute atomic E-state index is 0.124. The molecule has 2 aliphatic rings. The second-order valence-corrected chi connectivity index (χ2v) is 6.60. The monoisotopic (exact) mass is 332 g/mol. The third-order valence-electron chi connectivity index (χ3n) is 4.60. The molecule has 0 aromatic heterocycles. The molecule has 0 radical (unpaired) electrons. The molecule has 1 unspecified atom stereocenters. The van der Waals surface area contributed by atoms with Gasteiger partial charge in [0.1, 0.15) is 5.71 Å². The molecule has 1 aliphatic heterocycles. The van der Waals surface area contributed by atoms with Crippen LogP contribution in [0.25, 0.3) is 0 Å². The van der Waals surface area contributed by atoms with Crippen LogP contribution in [0.2, 0.25) is 0 Å². The highest BCUT2D eigenvalue weighted by Crippen LogP contribution is 2.27.